The van der Waals surface area contributed by atoms with Crippen molar-refractivity contribution in [2.24, 2.45) is 0 Å². The number of thioether (sulfide) groups is 1. The molecule has 0 amide bonds. The van der Waals surface area contributed by atoms with Crippen molar-refractivity contribution < 1.29 is 4.74 Å². The quantitative estimate of drug-likeness (QED) is 0.543. The van der Waals surface area contributed by atoms with Gasteiger partial charge in [0, 0.05) is 11.6 Å². The first-order valence-electron chi connectivity index (χ1n) is 7.11. The fourth-order valence-corrected chi connectivity index (χ4v) is 2.89. The second kappa shape index (κ2) is 6.71. The third kappa shape index (κ3) is 3.14. The summed E-state index contributed by atoms with van der Waals surface area (Å²) in [6.07, 6.45) is 1.91. The smallest absolute Gasteiger partial charge is 0.259 e. The molecule has 0 spiro atoms. The molecule has 0 unspecified atom stereocenters. The van der Waals surface area contributed by atoms with E-state index in [1.165, 1.54) is 11.8 Å². The maximum atomic E-state index is 12.6. The lowest BCUT2D eigenvalue weighted by molar-refractivity contribution is 0.414. The zero-order valence-electron chi connectivity index (χ0n) is 12.9. The van der Waals surface area contributed by atoms with Crippen LogP contribution in [0.25, 0.3) is 16.9 Å². The van der Waals surface area contributed by atoms with E-state index in [1.54, 1.807) is 17.7 Å². The molecule has 0 saturated carbocycles. The summed E-state index contributed by atoms with van der Waals surface area (Å²) in [5, 5.41) is 0.654. The Kier molecular flexibility index (Phi) is 4.48. The second-order valence-corrected chi connectivity index (χ2v) is 5.64. The molecule has 1 heterocycles. The number of aromatic nitrogens is 2. The molecule has 0 N–H and O–H groups in total. The average Bonchev–Trinajstić information content (AvgIpc) is 2.62. The standard InChI is InChI=1S/C18H16N2O2S/c1-22-15-10-8-14(9-11-15)20-17(21)12-16(19-18(20)23-2)13-6-4-3-5-7-13/h3-12H,1-2H3. The highest BCUT2D eigenvalue weighted by Crippen LogP contribution is 2.22. The monoisotopic (exact) mass is 324 g/mol. The molecule has 0 aliphatic heterocycles. The van der Waals surface area contributed by atoms with Crippen molar-refractivity contribution in [1.82, 2.24) is 9.55 Å². The number of hydrogen-bond acceptors (Lipinski definition) is 4. The van der Waals surface area contributed by atoms with Crippen molar-refractivity contribution in [2.75, 3.05) is 13.4 Å². The fraction of sp³-hybridized carbons (Fsp3) is 0.111. The maximum absolute atomic E-state index is 12.6. The molecule has 3 rings (SSSR count). The Morgan fingerprint density at radius 2 is 1.74 bits per heavy atom. The number of rotatable bonds is 4. The lowest BCUT2D eigenvalue weighted by Gasteiger charge is -2.12. The summed E-state index contributed by atoms with van der Waals surface area (Å²) >= 11 is 1.44. The number of hydrogen-bond donors (Lipinski definition) is 0. The predicted molar refractivity (Wildman–Crippen MR) is 93.6 cm³/mol. The third-order valence-electron chi connectivity index (χ3n) is 3.47. The molecular weight excluding hydrogens is 308 g/mol. The zero-order valence-corrected chi connectivity index (χ0v) is 13.7. The van der Waals surface area contributed by atoms with Gasteiger partial charge in [-0.3, -0.25) is 9.36 Å². The van der Waals surface area contributed by atoms with Crippen LogP contribution < -0.4 is 10.3 Å². The van der Waals surface area contributed by atoms with Gasteiger partial charge in [0.15, 0.2) is 5.16 Å². The second-order valence-electron chi connectivity index (χ2n) is 4.87. The minimum Gasteiger partial charge on any atom is -0.497 e. The summed E-state index contributed by atoms with van der Waals surface area (Å²) in [5.41, 5.74) is 2.28. The van der Waals surface area contributed by atoms with Crippen LogP contribution in [0.15, 0.2) is 70.6 Å². The van der Waals surface area contributed by atoms with Crippen LogP contribution in [0.4, 0.5) is 0 Å². The normalized spacial score (nSPS) is 10.5. The number of ether oxygens (including phenoxy) is 1. The van der Waals surface area contributed by atoms with E-state index < -0.39 is 0 Å². The maximum Gasteiger partial charge on any atom is 0.259 e. The van der Waals surface area contributed by atoms with E-state index >= 15 is 0 Å². The topological polar surface area (TPSA) is 44.1 Å². The van der Waals surface area contributed by atoms with Gasteiger partial charge in [-0.2, -0.15) is 0 Å². The van der Waals surface area contributed by atoms with Gasteiger partial charge < -0.3 is 4.74 Å². The van der Waals surface area contributed by atoms with Crippen molar-refractivity contribution >= 4 is 11.8 Å². The molecule has 0 saturated heterocycles. The molecule has 0 aliphatic carbocycles. The minimum atomic E-state index is -0.103. The van der Waals surface area contributed by atoms with Gasteiger partial charge in [-0.1, -0.05) is 42.1 Å². The van der Waals surface area contributed by atoms with Gasteiger partial charge in [0.25, 0.3) is 5.56 Å². The summed E-state index contributed by atoms with van der Waals surface area (Å²) in [5.74, 6) is 0.751. The minimum absolute atomic E-state index is 0.103. The van der Waals surface area contributed by atoms with E-state index in [2.05, 4.69) is 4.98 Å². The van der Waals surface area contributed by atoms with Gasteiger partial charge in [0.2, 0.25) is 0 Å². The van der Waals surface area contributed by atoms with Crippen LogP contribution in [-0.4, -0.2) is 22.9 Å². The van der Waals surface area contributed by atoms with E-state index in [0.29, 0.717) is 10.9 Å². The molecule has 0 fully saturated rings. The first-order valence-corrected chi connectivity index (χ1v) is 8.33. The highest BCUT2D eigenvalue weighted by molar-refractivity contribution is 7.98. The summed E-state index contributed by atoms with van der Waals surface area (Å²) in [4.78, 5) is 17.3. The molecule has 4 nitrogen and oxygen atoms in total. The number of nitrogens with zero attached hydrogens (tertiary/aromatic N) is 2. The van der Waals surface area contributed by atoms with E-state index in [0.717, 1.165) is 17.0 Å². The largest absolute Gasteiger partial charge is 0.497 e. The average molecular weight is 324 g/mol. The van der Waals surface area contributed by atoms with E-state index in [4.69, 9.17) is 4.74 Å². The summed E-state index contributed by atoms with van der Waals surface area (Å²) < 4.78 is 6.77. The van der Waals surface area contributed by atoms with Crippen molar-refractivity contribution in [1.29, 1.82) is 0 Å². The van der Waals surface area contributed by atoms with Gasteiger partial charge in [-0.05, 0) is 30.5 Å². The highest BCUT2D eigenvalue weighted by atomic mass is 32.2. The molecule has 116 valence electrons. The lowest BCUT2D eigenvalue weighted by atomic mass is 10.1. The van der Waals surface area contributed by atoms with E-state index in [-0.39, 0.29) is 5.56 Å². The summed E-state index contributed by atoms with van der Waals surface area (Å²) in [6, 6.07) is 18.6. The fourth-order valence-electron chi connectivity index (χ4n) is 2.32. The Balaban J connectivity index is 2.12. The molecular formula is C18H16N2O2S. The van der Waals surface area contributed by atoms with Gasteiger partial charge in [-0.25, -0.2) is 4.98 Å². The first-order chi connectivity index (χ1) is 11.2. The number of methoxy groups -OCH3 is 1. The molecule has 0 atom stereocenters. The van der Waals surface area contributed by atoms with Crippen molar-refractivity contribution in [3.63, 3.8) is 0 Å². The Bertz CT molecular complexity index is 858. The van der Waals surface area contributed by atoms with Crippen LogP contribution in [0, 0.1) is 0 Å². The predicted octanol–water partition coefficient (Wildman–Crippen LogP) is 3.63. The van der Waals surface area contributed by atoms with Gasteiger partial charge in [-0.15, -0.1) is 0 Å². The molecule has 0 bridgehead atoms. The third-order valence-corrected chi connectivity index (χ3v) is 4.11. The van der Waals surface area contributed by atoms with Crippen molar-refractivity contribution in [2.45, 2.75) is 5.16 Å². The van der Waals surface area contributed by atoms with Crippen molar-refractivity contribution in [3.05, 3.63) is 71.0 Å². The van der Waals surface area contributed by atoms with Crippen LogP contribution in [0.1, 0.15) is 0 Å². The molecule has 2 aromatic carbocycles. The molecule has 23 heavy (non-hydrogen) atoms. The number of benzene rings is 2. The van der Waals surface area contributed by atoms with Crippen molar-refractivity contribution in [3.8, 4) is 22.7 Å². The van der Waals surface area contributed by atoms with E-state index in [9.17, 15) is 4.79 Å². The summed E-state index contributed by atoms with van der Waals surface area (Å²) in [6.45, 7) is 0. The molecule has 3 aromatic rings. The van der Waals surface area contributed by atoms with Gasteiger partial charge in [0.05, 0.1) is 18.5 Å². The van der Waals surface area contributed by atoms with E-state index in [1.807, 2.05) is 60.9 Å². The lowest BCUT2D eigenvalue weighted by Crippen LogP contribution is -2.20. The molecule has 5 heteroatoms. The Morgan fingerprint density at radius 1 is 1.04 bits per heavy atom. The van der Waals surface area contributed by atoms with Crippen LogP contribution in [0.2, 0.25) is 0 Å². The molecule has 0 aliphatic rings. The van der Waals surface area contributed by atoms with Crippen LogP contribution >= 0.6 is 11.8 Å². The molecule has 1 aromatic heterocycles. The van der Waals surface area contributed by atoms with Crippen LogP contribution in [-0.2, 0) is 0 Å². The Morgan fingerprint density at radius 3 is 2.35 bits per heavy atom. The van der Waals surface area contributed by atoms with Gasteiger partial charge in [0.1, 0.15) is 5.75 Å². The van der Waals surface area contributed by atoms with Crippen LogP contribution in [0.3, 0.4) is 0 Å². The summed E-state index contributed by atoms with van der Waals surface area (Å²) in [7, 11) is 1.62. The first kappa shape index (κ1) is 15.4. The van der Waals surface area contributed by atoms with Crippen LogP contribution in [0.5, 0.6) is 5.75 Å². The molecule has 0 radical (unpaired) electrons. The Hall–Kier alpha value is -2.53. The Labute approximate surface area is 138 Å². The van der Waals surface area contributed by atoms with Gasteiger partial charge >= 0.3 is 0 Å². The zero-order chi connectivity index (χ0) is 16.2. The SMILES string of the molecule is COc1ccc(-n2c(SC)nc(-c3ccccc3)cc2=O)cc1. The highest BCUT2D eigenvalue weighted by Gasteiger charge is 2.11.